The summed E-state index contributed by atoms with van der Waals surface area (Å²) >= 11 is 0. The van der Waals surface area contributed by atoms with Gasteiger partial charge in [-0.1, -0.05) is 34.1 Å². The average molecular weight is 263 g/mol. The fourth-order valence-corrected chi connectivity index (χ4v) is 3.67. The fourth-order valence-electron chi connectivity index (χ4n) is 3.67. The number of likely N-dealkylation sites (N-methyl/N-ethyl adjacent to an activating group) is 1. The monoisotopic (exact) mass is 263 g/mol. The van der Waals surface area contributed by atoms with Crippen molar-refractivity contribution in [3.05, 3.63) is 17.5 Å². The van der Waals surface area contributed by atoms with Crippen LogP contribution in [0.2, 0.25) is 0 Å². The minimum Gasteiger partial charge on any atom is -0.314 e. The molecule has 0 bridgehead atoms. The number of nitrogens with zero attached hydrogens (tertiary/aromatic N) is 2. The summed E-state index contributed by atoms with van der Waals surface area (Å²) in [6.07, 6.45) is 5.95. The summed E-state index contributed by atoms with van der Waals surface area (Å²) in [6.45, 7) is 9.19. The van der Waals surface area contributed by atoms with Crippen molar-refractivity contribution in [1.82, 2.24) is 15.1 Å². The molecule has 1 aliphatic carbocycles. The molecule has 2 rings (SSSR count). The highest BCUT2D eigenvalue weighted by Gasteiger charge is 2.39. The number of hydrogen-bond acceptors (Lipinski definition) is 2. The van der Waals surface area contributed by atoms with Crippen molar-refractivity contribution in [3.8, 4) is 0 Å². The highest BCUT2D eigenvalue weighted by atomic mass is 15.3. The third-order valence-electron chi connectivity index (χ3n) is 4.76. The van der Waals surface area contributed by atoms with Crippen LogP contribution in [0.25, 0.3) is 0 Å². The van der Waals surface area contributed by atoms with Crippen molar-refractivity contribution in [2.75, 3.05) is 7.05 Å². The number of hydrogen-bond donors (Lipinski definition) is 1. The quantitative estimate of drug-likeness (QED) is 0.903. The molecule has 1 aliphatic rings. The summed E-state index contributed by atoms with van der Waals surface area (Å²) < 4.78 is 2.32. The van der Waals surface area contributed by atoms with Gasteiger partial charge in [0, 0.05) is 11.7 Å². The lowest BCUT2D eigenvalue weighted by molar-refractivity contribution is 0.110. The summed E-state index contributed by atoms with van der Waals surface area (Å²) in [5.74, 6) is 0. The average Bonchev–Trinajstić information content (AvgIpc) is 2.80. The van der Waals surface area contributed by atoms with Crippen LogP contribution >= 0.6 is 0 Å². The lowest BCUT2D eigenvalue weighted by Crippen LogP contribution is -2.49. The van der Waals surface area contributed by atoms with Crippen LogP contribution in [-0.4, -0.2) is 22.9 Å². The van der Waals surface area contributed by atoms with E-state index in [4.69, 9.17) is 5.10 Å². The van der Waals surface area contributed by atoms with Crippen molar-refractivity contribution in [3.63, 3.8) is 0 Å². The first-order valence-corrected chi connectivity index (χ1v) is 7.78. The molecule has 1 fully saturated rings. The van der Waals surface area contributed by atoms with E-state index >= 15 is 0 Å². The van der Waals surface area contributed by atoms with Crippen molar-refractivity contribution < 1.29 is 0 Å². The summed E-state index contributed by atoms with van der Waals surface area (Å²) in [6, 6.07) is 3.30. The van der Waals surface area contributed by atoms with Crippen LogP contribution in [-0.2, 0) is 12.8 Å². The van der Waals surface area contributed by atoms with Gasteiger partial charge in [-0.15, -0.1) is 0 Å². The van der Waals surface area contributed by atoms with E-state index < -0.39 is 0 Å². The number of aromatic nitrogens is 2. The fraction of sp³-hybridized carbons (Fsp3) is 0.812. The molecule has 3 nitrogen and oxygen atoms in total. The standard InChI is InChI=1S/C16H29N3/c1-6-12-11-13(7-2)19(18-12)14-9-8-10-16(3,4)15(14)17-5/h11,14-15,17H,6-10H2,1-5H3. The summed E-state index contributed by atoms with van der Waals surface area (Å²) in [7, 11) is 2.10. The van der Waals surface area contributed by atoms with E-state index in [0.29, 0.717) is 17.5 Å². The maximum absolute atomic E-state index is 4.86. The van der Waals surface area contributed by atoms with Gasteiger partial charge in [0.05, 0.1) is 11.7 Å². The third kappa shape index (κ3) is 2.71. The Morgan fingerprint density at radius 3 is 2.68 bits per heavy atom. The first kappa shape index (κ1) is 14.6. The molecule has 0 saturated heterocycles. The summed E-state index contributed by atoms with van der Waals surface area (Å²) in [5.41, 5.74) is 2.97. The van der Waals surface area contributed by atoms with Gasteiger partial charge in [-0.05, 0) is 44.2 Å². The van der Waals surface area contributed by atoms with Crippen LogP contribution in [0.3, 0.4) is 0 Å². The number of aryl methyl sites for hydroxylation is 2. The van der Waals surface area contributed by atoms with Gasteiger partial charge in [-0.3, -0.25) is 4.68 Å². The van der Waals surface area contributed by atoms with E-state index in [-0.39, 0.29) is 0 Å². The van der Waals surface area contributed by atoms with Crippen LogP contribution in [0.4, 0.5) is 0 Å². The number of nitrogens with one attached hydrogen (secondary N) is 1. The molecule has 1 saturated carbocycles. The minimum atomic E-state index is 0.348. The van der Waals surface area contributed by atoms with Crippen molar-refractivity contribution in [2.45, 2.75) is 71.9 Å². The molecule has 108 valence electrons. The largest absolute Gasteiger partial charge is 0.314 e. The van der Waals surface area contributed by atoms with Gasteiger partial charge in [0.1, 0.15) is 0 Å². The molecule has 1 heterocycles. The summed E-state index contributed by atoms with van der Waals surface area (Å²) in [4.78, 5) is 0. The molecule has 1 aromatic rings. The first-order valence-electron chi connectivity index (χ1n) is 7.78. The van der Waals surface area contributed by atoms with Gasteiger partial charge in [0.25, 0.3) is 0 Å². The molecule has 2 atom stereocenters. The Balaban J connectivity index is 2.35. The van der Waals surface area contributed by atoms with Crippen LogP contribution in [0.5, 0.6) is 0 Å². The second-order valence-corrected chi connectivity index (χ2v) is 6.49. The molecular formula is C16H29N3. The Hall–Kier alpha value is -0.830. The first-order chi connectivity index (χ1) is 9.03. The second kappa shape index (κ2) is 5.66. The van der Waals surface area contributed by atoms with E-state index in [0.717, 1.165) is 12.8 Å². The molecule has 3 heteroatoms. The Kier molecular flexibility index (Phi) is 4.34. The zero-order valence-electron chi connectivity index (χ0n) is 13.2. The SMILES string of the molecule is CCc1cc(CC)n(C2CCCC(C)(C)C2NC)n1. The van der Waals surface area contributed by atoms with Crippen LogP contribution < -0.4 is 5.32 Å². The number of rotatable bonds is 4. The van der Waals surface area contributed by atoms with E-state index in [1.54, 1.807) is 0 Å². The smallest absolute Gasteiger partial charge is 0.0680 e. The van der Waals surface area contributed by atoms with E-state index in [9.17, 15) is 0 Å². The Labute approximate surface area is 117 Å². The summed E-state index contributed by atoms with van der Waals surface area (Å²) in [5, 5.41) is 8.42. The highest BCUT2D eigenvalue weighted by Crippen LogP contribution is 2.41. The van der Waals surface area contributed by atoms with Gasteiger partial charge in [0.15, 0.2) is 0 Å². The Morgan fingerprint density at radius 1 is 1.37 bits per heavy atom. The molecule has 0 aromatic carbocycles. The van der Waals surface area contributed by atoms with Crippen LogP contribution in [0.1, 0.15) is 64.4 Å². The lowest BCUT2D eigenvalue weighted by atomic mass is 9.71. The predicted molar refractivity (Wildman–Crippen MR) is 80.5 cm³/mol. The molecule has 0 amide bonds. The molecular weight excluding hydrogens is 234 g/mol. The highest BCUT2D eigenvalue weighted by molar-refractivity contribution is 5.13. The van der Waals surface area contributed by atoms with Crippen molar-refractivity contribution in [1.29, 1.82) is 0 Å². The lowest BCUT2D eigenvalue weighted by Gasteiger charge is -2.44. The Bertz CT molecular complexity index is 420. The zero-order valence-corrected chi connectivity index (χ0v) is 13.2. The van der Waals surface area contributed by atoms with Crippen molar-refractivity contribution >= 4 is 0 Å². The zero-order chi connectivity index (χ0) is 14.0. The predicted octanol–water partition coefficient (Wildman–Crippen LogP) is 3.35. The molecule has 19 heavy (non-hydrogen) atoms. The van der Waals surface area contributed by atoms with Gasteiger partial charge < -0.3 is 5.32 Å². The van der Waals surface area contributed by atoms with E-state index in [2.05, 4.69) is 50.8 Å². The molecule has 0 radical (unpaired) electrons. The molecule has 2 unspecified atom stereocenters. The minimum absolute atomic E-state index is 0.348. The Morgan fingerprint density at radius 2 is 2.11 bits per heavy atom. The second-order valence-electron chi connectivity index (χ2n) is 6.49. The van der Waals surface area contributed by atoms with Gasteiger partial charge in [-0.25, -0.2) is 0 Å². The maximum atomic E-state index is 4.86. The van der Waals surface area contributed by atoms with Gasteiger partial charge >= 0.3 is 0 Å². The molecule has 1 aromatic heterocycles. The van der Waals surface area contributed by atoms with E-state index in [1.165, 1.54) is 30.7 Å². The topological polar surface area (TPSA) is 29.9 Å². The van der Waals surface area contributed by atoms with Gasteiger partial charge in [-0.2, -0.15) is 5.10 Å². The van der Waals surface area contributed by atoms with Crippen LogP contribution in [0, 0.1) is 5.41 Å². The van der Waals surface area contributed by atoms with Crippen LogP contribution in [0.15, 0.2) is 6.07 Å². The van der Waals surface area contributed by atoms with Gasteiger partial charge in [0.2, 0.25) is 0 Å². The molecule has 1 N–H and O–H groups in total. The normalized spacial score (nSPS) is 26.6. The third-order valence-corrected chi connectivity index (χ3v) is 4.76. The maximum Gasteiger partial charge on any atom is 0.0680 e. The van der Waals surface area contributed by atoms with E-state index in [1.807, 2.05) is 0 Å². The van der Waals surface area contributed by atoms with Crippen molar-refractivity contribution in [2.24, 2.45) is 5.41 Å². The molecule has 0 aliphatic heterocycles. The molecule has 0 spiro atoms.